The van der Waals surface area contributed by atoms with Gasteiger partial charge in [0.05, 0.1) is 0 Å². The summed E-state index contributed by atoms with van der Waals surface area (Å²) in [7, 11) is 0.964. The van der Waals surface area contributed by atoms with E-state index in [2.05, 4.69) is 21.2 Å². The summed E-state index contributed by atoms with van der Waals surface area (Å²) in [6.45, 7) is 0.414. The van der Waals surface area contributed by atoms with Crippen molar-refractivity contribution < 1.29 is 9.00 Å². The maximum absolute atomic E-state index is 12.1. The van der Waals surface area contributed by atoms with Gasteiger partial charge in [-0.3, -0.25) is 9.00 Å². The van der Waals surface area contributed by atoms with Crippen LogP contribution in [0.4, 0.5) is 0 Å². The van der Waals surface area contributed by atoms with Crippen molar-refractivity contribution in [3.63, 3.8) is 0 Å². The monoisotopic (exact) mass is 368 g/mol. The smallest absolute Gasteiger partial charge is 0.267 e. The minimum atomic E-state index is -0.899. The number of carbonyl (C=O) groups excluding carboxylic acids is 1. The summed E-state index contributed by atoms with van der Waals surface area (Å²) in [6.07, 6.45) is 1.62. The van der Waals surface area contributed by atoms with E-state index in [9.17, 15) is 9.00 Å². The highest BCUT2D eigenvalue weighted by atomic mass is 79.9. The number of benzene rings is 1. The Morgan fingerprint density at radius 1 is 1.29 bits per heavy atom. The second-order valence-electron chi connectivity index (χ2n) is 4.68. The van der Waals surface area contributed by atoms with Gasteiger partial charge in [-0.1, -0.05) is 34.1 Å². The van der Waals surface area contributed by atoms with Crippen LogP contribution in [0.25, 0.3) is 11.3 Å². The maximum Gasteiger partial charge on any atom is 0.267 e. The molecule has 21 heavy (non-hydrogen) atoms. The number of amides is 1. The number of halogens is 1. The summed E-state index contributed by atoms with van der Waals surface area (Å²) in [5.41, 5.74) is 2.59. The van der Waals surface area contributed by atoms with Gasteiger partial charge in [0.15, 0.2) is 0 Å². The molecule has 0 spiro atoms. The lowest BCUT2D eigenvalue weighted by Crippen LogP contribution is -2.29. The molecule has 0 saturated carbocycles. The van der Waals surface area contributed by atoms with Gasteiger partial charge < -0.3 is 9.88 Å². The van der Waals surface area contributed by atoms with Crippen LogP contribution in [0.1, 0.15) is 10.5 Å². The zero-order valence-corrected chi connectivity index (χ0v) is 14.3. The molecule has 1 heterocycles. The number of aromatic nitrogens is 1. The van der Waals surface area contributed by atoms with Gasteiger partial charge in [-0.05, 0) is 18.2 Å². The molecule has 6 heteroatoms. The van der Waals surface area contributed by atoms with Crippen molar-refractivity contribution >= 4 is 32.6 Å². The van der Waals surface area contributed by atoms with Crippen molar-refractivity contribution in [1.29, 1.82) is 0 Å². The first-order valence-electron chi connectivity index (χ1n) is 6.49. The minimum absolute atomic E-state index is 0.152. The highest BCUT2D eigenvalue weighted by Crippen LogP contribution is 2.28. The first kappa shape index (κ1) is 16.0. The van der Waals surface area contributed by atoms with E-state index < -0.39 is 10.8 Å². The fourth-order valence-electron chi connectivity index (χ4n) is 2.08. The van der Waals surface area contributed by atoms with Gasteiger partial charge in [-0.25, -0.2) is 0 Å². The average Bonchev–Trinajstić information content (AvgIpc) is 2.80. The van der Waals surface area contributed by atoms with E-state index >= 15 is 0 Å². The second-order valence-corrected chi connectivity index (χ2v) is 7.08. The van der Waals surface area contributed by atoms with Crippen LogP contribution in [-0.4, -0.2) is 33.2 Å². The lowest BCUT2D eigenvalue weighted by atomic mass is 10.1. The van der Waals surface area contributed by atoms with E-state index in [4.69, 9.17) is 0 Å². The van der Waals surface area contributed by atoms with Crippen molar-refractivity contribution in [3.05, 3.63) is 46.6 Å². The third kappa shape index (κ3) is 3.83. The highest BCUT2D eigenvalue weighted by molar-refractivity contribution is 9.10. The van der Waals surface area contributed by atoms with Gasteiger partial charge in [0, 0.05) is 52.1 Å². The van der Waals surface area contributed by atoms with Crippen LogP contribution in [0.2, 0.25) is 0 Å². The number of rotatable bonds is 5. The number of nitrogens with zero attached hydrogens (tertiary/aromatic N) is 1. The van der Waals surface area contributed by atoms with Crippen LogP contribution in [0.3, 0.4) is 0 Å². The van der Waals surface area contributed by atoms with Gasteiger partial charge in [-0.2, -0.15) is 0 Å². The Morgan fingerprint density at radius 2 is 2.00 bits per heavy atom. The molecule has 1 aromatic carbocycles. The van der Waals surface area contributed by atoms with Crippen molar-refractivity contribution in [2.75, 3.05) is 18.6 Å². The summed E-state index contributed by atoms with van der Waals surface area (Å²) in [5.74, 6) is 0.314. The molecule has 0 unspecified atom stereocenters. The molecule has 0 aliphatic heterocycles. The molecule has 112 valence electrons. The van der Waals surface area contributed by atoms with Gasteiger partial charge in [0.2, 0.25) is 0 Å². The first-order valence-corrected chi connectivity index (χ1v) is 9.01. The molecule has 2 rings (SSSR count). The number of nitrogens with one attached hydrogen (secondary N) is 1. The van der Waals surface area contributed by atoms with Crippen molar-refractivity contribution in [2.45, 2.75) is 0 Å². The van der Waals surface area contributed by atoms with Crippen molar-refractivity contribution in [2.24, 2.45) is 7.05 Å². The molecule has 0 aliphatic carbocycles. The molecule has 0 radical (unpaired) electrons. The molecule has 1 aromatic heterocycles. The largest absolute Gasteiger partial charge is 0.350 e. The normalized spacial score (nSPS) is 12.1. The van der Waals surface area contributed by atoms with E-state index in [1.807, 2.05) is 41.9 Å². The third-order valence-electron chi connectivity index (χ3n) is 3.18. The number of hydrogen-bond donors (Lipinski definition) is 1. The van der Waals surface area contributed by atoms with E-state index in [0.29, 0.717) is 18.0 Å². The lowest BCUT2D eigenvalue weighted by Gasteiger charge is -2.09. The Labute approximate surface area is 135 Å². The Bertz CT molecular complexity index is 682. The molecule has 0 aliphatic rings. The van der Waals surface area contributed by atoms with Crippen LogP contribution in [-0.2, 0) is 17.8 Å². The minimum Gasteiger partial charge on any atom is -0.350 e. The summed E-state index contributed by atoms with van der Waals surface area (Å²) >= 11 is 3.52. The van der Waals surface area contributed by atoms with E-state index in [1.54, 1.807) is 12.3 Å². The second kappa shape index (κ2) is 7.04. The molecular weight excluding hydrogens is 352 g/mol. The van der Waals surface area contributed by atoms with E-state index in [0.717, 1.165) is 15.7 Å². The predicted molar refractivity (Wildman–Crippen MR) is 89.8 cm³/mol. The predicted octanol–water partition coefficient (Wildman–Crippen LogP) is 2.56. The lowest BCUT2D eigenvalue weighted by molar-refractivity contribution is 0.0948. The zero-order valence-electron chi connectivity index (χ0n) is 11.9. The molecular formula is C15H17BrN2O2S. The molecule has 0 fully saturated rings. The average molecular weight is 369 g/mol. The zero-order chi connectivity index (χ0) is 15.4. The topological polar surface area (TPSA) is 51.1 Å². The maximum atomic E-state index is 12.1. The van der Waals surface area contributed by atoms with Crippen LogP contribution in [0.15, 0.2) is 40.9 Å². The van der Waals surface area contributed by atoms with Crippen LogP contribution in [0.5, 0.6) is 0 Å². The summed E-state index contributed by atoms with van der Waals surface area (Å²) in [5, 5.41) is 2.79. The quantitative estimate of drug-likeness (QED) is 0.881. The molecule has 4 nitrogen and oxygen atoms in total. The number of carbonyl (C=O) groups is 1. The third-order valence-corrected chi connectivity index (χ3v) is 4.65. The van der Waals surface area contributed by atoms with Crippen LogP contribution in [0, 0.1) is 0 Å². The van der Waals surface area contributed by atoms with Crippen LogP contribution < -0.4 is 5.32 Å². The summed E-state index contributed by atoms with van der Waals surface area (Å²) < 4.78 is 13.8. The Morgan fingerprint density at radius 3 is 2.67 bits per heavy atom. The molecule has 1 N–H and O–H groups in total. The molecule has 0 saturated heterocycles. The number of hydrogen-bond acceptors (Lipinski definition) is 2. The van der Waals surface area contributed by atoms with Gasteiger partial charge in [0.25, 0.3) is 5.91 Å². The van der Waals surface area contributed by atoms with Crippen molar-refractivity contribution in [1.82, 2.24) is 9.88 Å². The fraction of sp³-hybridized carbons (Fsp3) is 0.267. The highest BCUT2D eigenvalue weighted by Gasteiger charge is 2.14. The van der Waals surface area contributed by atoms with Crippen LogP contribution >= 0.6 is 15.9 Å². The van der Waals surface area contributed by atoms with E-state index in [-0.39, 0.29) is 5.91 Å². The first-order chi connectivity index (χ1) is 10.0. The van der Waals surface area contributed by atoms with E-state index in [1.165, 1.54) is 0 Å². The van der Waals surface area contributed by atoms with Gasteiger partial charge in [-0.15, -0.1) is 0 Å². The standard InChI is InChI=1S/C15H17BrN2O2S/c1-18-13(11-5-3-4-6-12(11)16)7-8-14(18)15(19)17-9-10-21(2)20/h3-8H,9-10H2,1-2H3,(H,17,19)/t21-/m1/s1. The Kier molecular flexibility index (Phi) is 5.36. The SMILES string of the molecule is Cn1c(C(=O)NCC[S@@](C)=O)ccc1-c1ccccc1Br. The van der Waals surface area contributed by atoms with Gasteiger partial charge >= 0.3 is 0 Å². The summed E-state index contributed by atoms with van der Waals surface area (Å²) in [6, 6.07) is 11.6. The molecule has 0 bridgehead atoms. The molecule has 1 atom stereocenters. The Balaban J connectivity index is 2.19. The fourth-order valence-corrected chi connectivity index (χ4v) is 2.95. The van der Waals surface area contributed by atoms with Gasteiger partial charge in [0.1, 0.15) is 5.69 Å². The van der Waals surface area contributed by atoms with Crippen molar-refractivity contribution in [3.8, 4) is 11.3 Å². The summed E-state index contributed by atoms with van der Waals surface area (Å²) in [4.78, 5) is 12.1. The Hall–Kier alpha value is -1.40. The molecule has 1 amide bonds. The molecule has 2 aromatic rings.